The predicted octanol–water partition coefficient (Wildman–Crippen LogP) is 1.64. The molecule has 4 aliphatic rings. The van der Waals surface area contributed by atoms with Gasteiger partial charge in [0.2, 0.25) is 0 Å². The Morgan fingerprint density at radius 1 is 1.00 bits per heavy atom. The molecule has 0 unspecified atom stereocenters. The van der Waals surface area contributed by atoms with Crippen molar-refractivity contribution in [3.63, 3.8) is 0 Å². The van der Waals surface area contributed by atoms with E-state index >= 15 is 0 Å². The second-order valence-electron chi connectivity index (χ2n) is 5.50. The molecule has 3 heteroatoms. The summed E-state index contributed by atoms with van der Waals surface area (Å²) in [5.41, 5.74) is -0.283. The van der Waals surface area contributed by atoms with Crippen molar-refractivity contribution < 1.29 is 9.90 Å². The van der Waals surface area contributed by atoms with Crippen LogP contribution in [0.4, 0.5) is 0 Å². The van der Waals surface area contributed by atoms with Crippen molar-refractivity contribution in [1.82, 2.24) is 0 Å². The monoisotopic (exact) mass is 204 g/mol. The molecule has 4 saturated carbocycles. The summed E-state index contributed by atoms with van der Waals surface area (Å²) in [6, 6.07) is 0. The molecule has 4 bridgehead atoms. The van der Waals surface area contributed by atoms with E-state index in [9.17, 15) is 9.90 Å². The summed E-state index contributed by atoms with van der Waals surface area (Å²) in [7, 11) is 0. The van der Waals surface area contributed by atoms with Crippen molar-refractivity contribution in [2.75, 3.05) is 0 Å². The molecule has 0 saturated heterocycles. The van der Waals surface area contributed by atoms with Gasteiger partial charge in [0.05, 0.1) is 5.41 Å². The number of aliphatic carboxylic acids is 1. The molecule has 4 aliphatic carbocycles. The maximum absolute atomic E-state index is 11.3. The second kappa shape index (κ2) is 3.50. The summed E-state index contributed by atoms with van der Waals surface area (Å²) in [6.07, 6.45) is 6.92. The van der Waals surface area contributed by atoms with Gasteiger partial charge in [0.1, 0.15) is 0 Å². The van der Waals surface area contributed by atoms with Crippen LogP contribution >= 0.6 is 0 Å². The van der Waals surface area contributed by atoms with Gasteiger partial charge in [0, 0.05) is 0 Å². The van der Waals surface area contributed by atoms with Crippen molar-refractivity contribution in [2.45, 2.75) is 38.5 Å². The van der Waals surface area contributed by atoms with E-state index in [2.05, 4.69) is 0 Å². The fourth-order valence-electron chi connectivity index (χ4n) is 4.37. The van der Waals surface area contributed by atoms with Gasteiger partial charge in [-0.3, -0.25) is 4.79 Å². The SMILES string of the molecule is O=C(O)C12CC3CC(CC(C3)C1)C2.[NaH]. The van der Waals surface area contributed by atoms with Gasteiger partial charge >= 0.3 is 35.5 Å². The normalized spacial score (nSPS) is 48.7. The van der Waals surface area contributed by atoms with Gasteiger partial charge in [0.25, 0.3) is 0 Å². The molecule has 0 spiro atoms. The van der Waals surface area contributed by atoms with E-state index in [1.165, 1.54) is 19.3 Å². The Morgan fingerprint density at radius 2 is 1.36 bits per heavy atom. The van der Waals surface area contributed by atoms with Gasteiger partial charge in [-0.05, 0) is 56.3 Å². The molecule has 0 amide bonds. The summed E-state index contributed by atoms with van der Waals surface area (Å²) >= 11 is 0. The van der Waals surface area contributed by atoms with Crippen molar-refractivity contribution >= 4 is 35.5 Å². The topological polar surface area (TPSA) is 37.3 Å². The van der Waals surface area contributed by atoms with Crippen molar-refractivity contribution in [1.29, 1.82) is 0 Å². The Hall–Kier alpha value is 0.470. The van der Waals surface area contributed by atoms with Gasteiger partial charge < -0.3 is 5.11 Å². The van der Waals surface area contributed by atoms with Gasteiger partial charge in [0.15, 0.2) is 0 Å². The van der Waals surface area contributed by atoms with Crippen LogP contribution in [0.5, 0.6) is 0 Å². The van der Waals surface area contributed by atoms with Crippen LogP contribution in [0.2, 0.25) is 0 Å². The van der Waals surface area contributed by atoms with E-state index in [1.54, 1.807) is 0 Å². The van der Waals surface area contributed by atoms with E-state index < -0.39 is 5.97 Å². The summed E-state index contributed by atoms with van der Waals surface area (Å²) in [5, 5.41) is 9.28. The summed E-state index contributed by atoms with van der Waals surface area (Å²) < 4.78 is 0. The fraction of sp³-hybridized carbons (Fsp3) is 0.909. The Labute approximate surface area is 107 Å². The molecule has 4 fully saturated rings. The average Bonchev–Trinajstić information content (AvgIpc) is 2.00. The first-order valence-electron chi connectivity index (χ1n) is 5.41. The van der Waals surface area contributed by atoms with Crippen molar-refractivity contribution in [3.8, 4) is 0 Å². The minimum absolute atomic E-state index is 0. The van der Waals surface area contributed by atoms with Crippen LogP contribution in [-0.4, -0.2) is 40.6 Å². The Kier molecular flexibility index (Phi) is 2.74. The molecule has 0 aromatic carbocycles. The molecule has 4 rings (SSSR count). The van der Waals surface area contributed by atoms with Gasteiger partial charge in [-0.15, -0.1) is 0 Å². The number of carbonyl (C=O) groups is 1. The van der Waals surface area contributed by atoms with Crippen molar-refractivity contribution in [3.05, 3.63) is 0 Å². The number of rotatable bonds is 1. The molecule has 14 heavy (non-hydrogen) atoms. The van der Waals surface area contributed by atoms with E-state index in [0.29, 0.717) is 0 Å². The number of hydrogen-bond acceptors (Lipinski definition) is 1. The van der Waals surface area contributed by atoms with Gasteiger partial charge in [-0.2, -0.15) is 0 Å². The second-order valence-corrected chi connectivity index (χ2v) is 5.50. The molecule has 74 valence electrons. The van der Waals surface area contributed by atoms with E-state index in [-0.39, 0.29) is 35.0 Å². The zero-order valence-corrected chi connectivity index (χ0v) is 7.83. The van der Waals surface area contributed by atoms with Gasteiger partial charge in [-0.25, -0.2) is 0 Å². The predicted molar refractivity (Wildman–Crippen MR) is 55.4 cm³/mol. The van der Waals surface area contributed by atoms with Crippen LogP contribution in [0.15, 0.2) is 0 Å². The molecule has 0 atom stereocenters. The Bertz CT molecular complexity index is 227. The molecule has 1 N–H and O–H groups in total. The molecule has 0 aliphatic heterocycles. The third kappa shape index (κ3) is 1.46. The zero-order chi connectivity index (χ0) is 9.05. The van der Waals surface area contributed by atoms with Crippen LogP contribution in [0, 0.1) is 23.2 Å². The van der Waals surface area contributed by atoms with Crippen molar-refractivity contribution in [2.24, 2.45) is 23.2 Å². The van der Waals surface area contributed by atoms with Crippen LogP contribution in [0.3, 0.4) is 0 Å². The molecule has 0 aromatic rings. The van der Waals surface area contributed by atoms with Crippen LogP contribution in [0.1, 0.15) is 38.5 Å². The molecule has 2 nitrogen and oxygen atoms in total. The minimum atomic E-state index is -0.508. The number of carboxylic acid groups (broad SMARTS) is 1. The molecule has 0 radical (unpaired) electrons. The molecule has 0 aromatic heterocycles. The maximum atomic E-state index is 11.3. The summed E-state index contributed by atoms with van der Waals surface area (Å²) in [6.45, 7) is 0. The third-order valence-electron chi connectivity index (χ3n) is 4.49. The standard InChI is InChI=1S/C11H16O2.Na.H/c12-10(13)11-4-7-1-8(5-11)3-9(2-7)6-11;;/h7-9H,1-6H2,(H,12,13);;. The zero-order valence-electron chi connectivity index (χ0n) is 7.83. The van der Waals surface area contributed by atoms with E-state index in [4.69, 9.17) is 0 Å². The molecule has 0 heterocycles. The number of carboxylic acids is 1. The van der Waals surface area contributed by atoms with E-state index in [0.717, 1.165) is 37.0 Å². The first-order chi connectivity index (χ1) is 6.18. The van der Waals surface area contributed by atoms with Gasteiger partial charge in [-0.1, -0.05) is 0 Å². The first kappa shape index (κ1) is 11.0. The van der Waals surface area contributed by atoms with E-state index in [1.807, 2.05) is 0 Å². The Morgan fingerprint density at radius 3 is 1.64 bits per heavy atom. The number of hydrogen-bond donors (Lipinski definition) is 1. The van der Waals surface area contributed by atoms with Crippen LogP contribution < -0.4 is 0 Å². The Balaban J connectivity index is 0.000000750. The molecular weight excluding hydrogens is 187 g/mol. The van der Waals surface area contributed by atoms with Crippen LogP contribution in [-0.2, 0) is 4.79 Å². The third-order valence-corrected chi connectivity index (χ3v) is 4.49. The quantitative estimate of drug-likeness (QED) is 0.659. The average molecular weight is 204 g/mol. The summed E-state index contributed by atoms with van der Waals surface area (Å²) in [4.78, 5) is 11.3. The first-order valence-corrected chi connectivity index (χ1v) is 5.41. The summed E-state index contributed by atoms with van der Waals surface area (Å²) in [5.74, 6) is 1.75. The fourth-order valence-corrected chi connectivity index (χ4v) is 4.37. The van der Waals surface area contributed by atoms with Crippen LogP contribution in [0.25, 0.3) is 0 Å². The molecular formula is C11H17NaO2.